The van der Waals surface area contributed by atoms with Crippen LogP contribution in [0.5, 0.6) is 0 Å². The Morgan fingerprint density at radius 2 is 2.18 bits per heavy atom. The first-order chi connectivity index (χ1) is 8.08. The number of nitrogens with zero attached hydrogens (tertiary/aromatic N) is 3. The van der Waals surface area contributed by atoms with Gasteiger partial charge in [0.1, 0.15) is 6.10 Å². The lowest BCUT2D eigenvalue weighted by Gasteiger charge is -2.34. The number of aliphatic hydroxyl groups is 1. The van der Waals surface area contributed by atoms with E-state index in [2.05, 4.69) is 28.9 Å². The highest BCUT2D eigenvalue weighted by Gasteiger charge is 2.26. The van der Waals surface area contributed by atoms with Gasteiger partial charge in [-0.05, 0) is 40.2 Å². The van der Waals surface area contributed by atoms with Crippen LogP contribution in [0.1, 0.15) is 57.3 Å². The predicted molar refractivity (Wildman–Crippen MR) is 63.6 cm³/mol. The van der Waals surface area contributed by atoms with Crippen LogP contribution in [0.15, 0.2) is 4.52 Å². The van der Waals surface area contributed by atoms with Gasteiger partial charge in [-0.25, -0.2) is 0 Å². The summed E-state index contributed by atoms with van der Waals surface area (Å²) in [6, 6.07) is 0.556. The van der Waals surface area contributed by atoms with Crippen molar-refractivity contribution in [1.82, 2.24) is 15.0 Å². The highest BCUT2D eigenvalue weighted by atomic mass is 16.5. The normalized spacial score (nSPS) is 24.2. The molecular formula is C12H21N3O2. The summed E-state index contributed by atoms with van der Waals surface area (Å²) in [5, 5.41) is 13.4. The Labute approximate surface area is 102 Å². The molecule has 1 aromatic rings. The zero-order chi connectivity index (χ0) is 12.4. The van der Waals surface area contributed by atoms with E-state index in [0.717, 1.165) is 25.3 Å². The minimum atomic E-state index is -0.680. The van der Waals surface area contributed by atoms with E-state index in [1.54, 1.807) is 6.92 Å². The molecule has 0 amide bonds. The number of hydrogen-bond donors (Lipinski definition) is 1. The Morgan fingerprint density at radius 3 is 2.76 bits per heavy atom. The second-order valence-electron chi connectivity index (χ2n) is 5.09. The molecule has 5 nitrogen and oxygen atoms in total. The molecule has 1 aliphatic heterocycles. The van der Waals surface area contributed by atoms with Crippen LogP contribution >= 0.6 is 0 Å². The molecule has 2 atom stereocenters. The summed E-state index contributed by atoms with van der Waals surface area (Å²) >= 11 is 0. The van der Waals surface area contributed by atoms with Gasteiger partial charge in [0, 0.05) is 18.5 Å². The van der Waals surface area contributed by atoms with Crippen molar-refractivity contribution in [3.05, 3.63) is 11.7 Å². The summed E-state index contributed by atoms with van der Waals surface area (Å²) in [5.41, 5.74) is 0. The van der Waals surface area contributed by atoms with Gasteiger partial charge >= 0.3 is 0 Å². The van der Waals surface area contributed by atoms with Gasteiger partial charge in [-0.3, -0.25) is 0 Å². The van der Waals surface area contributed by atoms with Crippen molar-refractivity contribution in [2.75, 3.05) is 13.1 Å². The minimum absolute atomic E-state index is 0.321. The third-order valence-electron chi connectivity index (χ3n) is 3.36. The first kappa shape index (κ1) is 12.5. The fraction of sp³-hybridized carbons (Fsp3) is 0.833. The monoisotopic (exact) mass is 239 g/mol. The van der Waals surface area contributed by atoms with Gasteiger partial charge in [0.15, 0.2) is 5.82 Å². The molecule has 96 valence electrons. The molecule has 1 fully saturated rings. The molecule has 17 heavy (non-hydrogen) atoms. The summed E-state index contributed by atoms with van der Waals surface area (Å²) in [6.07, 6.45) is 1.59. The molecular weight excluding hydrogens is 218 g/mol. The minimum Gasteiger partial charge on any atom is -0.384 e. The molecule has 0 bridgehead atoms. The van der Waals surface area contributed by atoms with E-state index in [1.165, 1.54) is 6.42 Å². The molecule has 0 aromatic carbocycles. The molecule has 0 spiro atoms. The highest BCUT2D eigenvalue weighted by Crippen LogP contribution is 2.26. The Morgan fingerprint density at radius 1 is 1.41 bits per heavy atom. The first-order valence-corrected chi connectivity index (χ1v) is 6.33. The Hall–Kier alpha value is -0.940. The van der Waals surface area contributed by atoms with E-state index in [9.17, 15) is 5.11 Å². The average Bonchev–Trinajstić information content (AvgIpc) is 2.78. The fourth-order valence-electron chi connectivity index (χ4n) is 2.27. The highest BCUT2D eigenvalue weighted by molar-refractivity contribution is 4.99. The van der Waals surface area contributed by atoms with Crippen LogP contribution in [-0.4, -0.2) is 39.3 Å². The van der Waals surface area contributed by atoms with Crippen LogP contribution in [-0.2, 0) is 0 Å². The lowest BCUT2D eigenvalue weighted by Crippen LogP contribution is -2.39. The summed E-state index contributed by atoms with van der Waals surface area (Å²) in [7, 11) is 0. The summed E-state index contributed by atoms with van der Waals surface area (Å²) < 4.78 is 5.05. The van der Waals surface area contributed by atoms with Gasteiger partial charge in [-0.1, -0.05) is 5.16 Å². The Kier molecular flexibility index (Phi) is 3.79. The molecule has 5 heteroatoms. The van der Waals surface area contributed by atoms with Crippen molar-refractivity contribution in [1.29, 1.82) is 0 Å². The lowest BCUT2D eigenvalue weighted by atomic mass is 9.96. The quantitative estimate of drug-likeness (QED) is 0.870. The maximum absolute atomic E-state index is 9.37. The van der Waals surface area contributed by atoms with Crippen LogP contribution in [0.3, 0.4) is 0 Å². The smallest absolute Gasteiger partial charge is 0.255 e. The van der Waals surface area contributed by atoms with Crippen LogP contribution in [0.25, 0.3) is 0 Å². The number of piperidine rings is 1. The Bertz CT molecular complexity index is 362. The van der Waals surface area contributed by atoms with Crippen molar-refractivity contribution >= 4 is 0 Å². The van der Waals surface area contributed by atoms with E-state index in [1.807, 2.05) is 0 Å². The van der Waals surface area contributed by atoms with E-state index in [0.29, 0.717) is 17.9 Å². The molecule has 0 radical (unpaired) electrons. The number of rotatable bonds is 3. The molecule has 1 aliphatic rings. The van der Waals surface area contributed by atoms with E-state index < -0.39 is 6.10 Å². The van der Waals surface area contributed by atoms with E-state index >= 15 is 0 Å². The van der Waals surface area contributed by atoms with Gasteiger partial charge in [0.2, 0.25) is 0 Å². The SMILES string of the molecule is CC(O)c1nc(C2CCCN(C(C)C)C2)no1. The molecule has 1 aromatic heterocycles. The fourth-order valence-corrected chi connectivity index (χ4v) is 2.27. The van der Waals surface area contributed by atoms with E-state index in [-0.39, 0.29) is 0 Å². The molecule has 0 aliphatic carbocycles. The third-order valence-corrected chi connectivity index (χ3v) is 3.36. The van der Waals surface area contributed by atoms with Gasteiger partial charge in [-0.15, -0.1) is 0 Å². The molecule has 2 rings (SSSR count). The standard InChI is InChI=1S/C12H21N3O2/c1-8(2)15-6-4-5-10(7-15)11-13-12(9(3)16)17-14-11/h8-10,16H,4-7H2,1-3H3. The van der Waals surface area contributed by atoms with Crippen LogP contribution in [0, 0.1) is 0 Å². The van der Waals surface area contributed by atoms with Gasteiger partial charge in [0.05, 0.1) is 0 Å². The second-order valence-corrected chi connectivity index (χ2v) is 5.09. The molecule has 1 N–H and O–H groups in total. The third kappa shape index (κ3) is 2.84. The van der Waals surface area contributed by atoms with Crippen LogP contribution in [0.2, 0.25) is 0 Å². The lowest BCUT2D eigenvalue weighted by molar-refractivity contribution is 0.151. The van der Waals surface area contributed by atoms with Crippen molar-refractivity contribution in [2.24, 2.45) is 0 Å². The first-order valence-electron chi connectivity index (χ1n) is 6.33. The summed E-state index contributed by atoms with van der Waals surface area (Å²) in [6.45, 7) is 8.18. The number of aromatic nitrogens is 2. The largest absolute Gasteiger partial charge is 0.384 e. The van der Waals surface area contributed by atoms with Crippen LogP contribution < -0.4 is 0 Å². The van der Waals surface area contributed by atoms with Gasteiger partial charge in [0.25, 0.3) is 5.89 Å². The number of hydrogen-bond acceptors (Lipinski definition) is 5. The maximum atomic E-state index is 9.37. The molecule has 2 unspecified atom stereocenters. The summed E-state index contributed by atoms with van der Waals surface area (Å²) in [4.78, 5) is 6.71. The van der Waals surface area contributed by atoms with Gasteiger partial charge in [-0.2, -0.15) is 4.98 Å². The van der Waals surface area contributed by atoms with Crippen LogP contribution in [0.4, 0.5) is 0 Å². The molecule has 1 saturated heterocycles. The number of likely N-dealkylation sites (tertiary alicyclic amines) is 1. The Balaban J connectivity index is 2.05. The number of aliphatic hydroxyl groups excluding tert-OH is 1. The van der Waals surface area contributed by atoms with E-state index in [4.69, 9.17) is 4.52 Å². The second kappa shape index (κ2) is 5.14. The molecule has 2 heterocycles. The zero-order valence-corrected chi connectivity index (χ0v) is 10.8. The average molecular weight is 239 g/mol. The topological polar surface area (TPSA) is 62.4 Å². The zero-order valence-electron chi connectivity index (χ0n) is 10.8. The predicted octanol–water partition coefficient (Wildman–Crippen LogP) is 1.71. The van der Waals surface area contributed by atoms with Gasteiger partial charge < -0.3 is 14.5 Å². The molecule has 0 saturated carbocycles. The summed E-state index contributed by atoms with van der Waals surface area (Å²) in [5.74, 6) is 1.40. The van der Waals surface area contributed by atoms with Crippen molar-refractivity contribution in [2.45, 2.75) is 51.7 Å². The maximum Gasteiger partial charge on any atom is 0.255 e. The van der Waals surface area contributed by atoms with Crippen molar-refractivity contribution in [3.63, 3.8) is 0 Å². The van der Waals surface area contributed by atoms with Crippen molar-refractivity contribution in [3.8, 4) is 0 Å². The van der Waals surface area contributed by atoms with Crippen molar-refractivity contribution < 1.29 is 9.63 Å².